The van der Waals surface area contributed by atoms with Crippen LogP contribution in [-0.4, -0.2) is 4.43 Å². The summed E-state index contributed by atoms with van der Waals surface area (Å²) in [5.41, 5.74) is 0. The predicted molar refractivity (Wildman–Crippen MR) is 78.5 cm³/mol. The van der Waals surface area contributed by atoms with Crippen LogP contribution in [0.15, 0.2) is 0 Å². The zero-order chi connectivity index (χ0) is 11.2. The first-order chi connectivity index (χ1) is 7.41. The normalized spacial score (nSPS) is 9.73. The van der Waals surface area contributed by atoms with Crippen molar-refractivity contribution in [3.8, 4) is 11.8 Å². The topological polar surface area (TPSA) is 0 Å². The van der Waals surface area contributed by atoms with Gasteiger partial charge in [-0.25, -0.2) is 0 Å². The molecule has 0 N–H and O–H groups in total. The first-order valence-electron chi connectivity index (χ1n) is 6.37. The van der Waals surface area contributed by atoms with E-state index in [1.165, 1.54) is 62.2 Å². The molecule has 0 aliphatic heterocycles. The molecular formula is C14H25I. The third kappa shape index (κ3) is 14.3. The Bertz CT molecular complexity index is 164. The lowest BCUT2D eigenvalue weighted by Crippen LogP contribution is -1.82. The van der Waals surface area contributed by atoms with Crippen molar-refractivity contribution in [3.63, 3.8) is 0 Å². The lowest BCUT2D eigenvalue weighted by molar-refractivity contribution is 0.569. The first kappa shape index (κ1) is 15.3. The second kappa shape index (κ2) is 14.3. The smallest absolute Gasteiger partial charge is 0.00885 e. The molecule has 0 heterocycles. The number of hydrogen-bond donors (Lipinski definition) is 0. The SMILES string of the molecule is CC#CCCCCCCCCCCCI. The fourth-order valence-corrected chi connectivity index (χ4v) is 2.21. The van der Waals surface area contributed by atoms with Gasteiger partial charge in [0.1, 0.15) is 0 Å². The number of hydrogen-bond acceptors (Lipinski definition) is 0. The van der Waals surface area contributed by atoms with Crippen LogP contribution in [0.25, 0.3) is 0 Å². The molecule has 0 atom stereocenters. The molecule has 0 radical (unpaired) electrons. The maximum atomic E-state index is 3.12. The zero-order valence-corrected chi connectivity index (χ0v) is 12.3. The van der Waals surface area contributed by atoms with Crippen LogP contribution in [0.3, 0.4) is 0 Å². The lowest BCUT2D eigenvalue weighted by atomic mass is 10.1. The number of halogens is 1. The summed E-state index contributed by atoms with van der Waals surface area (Å²) in [4.78, 5) is 0. The van der Waals surface area contributed by atoms with E-state index in [9.17, 15) is 0 Å². The largest absolute Gasteiger partial charge is 0.107 e. The second-order valence-corrected chi connectivity index (χ2v) is 5.13. The second-order valence-electron chi connectivity index (χ2n) is 4.05. The van der Waals surface area contributed by atoms with E-state index >= 15 is 0 Å². The molecule has 1 heteroatoms. The average Bonchev–Trinajstić information content (AvgIpc) is 2.26. The Morgan fingerprint density at radius 3 is 1.67 bits per heavy atom. The van der Waals surface area contributed by atoms with Gasteiger partial charge in [0.05, 0.1) is 0 Å². The highest BCUT2D eigenvalue weighted by Crippen LogP contribution is 2.10. The molecule has 0 spiro atoms. The van der Waals surface area contributed by atoms with Crippen molar-refractivity contribution in [2.75, 3.05) is 4.43 Å². The van der Waals surface area contributed by atoms with Crippen LogP contribution >= 0.6 is 22.6 Å². The Kier molecular flexibility index (Phi) is 14.6. The molecule has 0 amide bonds. The highest BCUT2D eigenvalue weighted by molar-refractivity contribution is 14.1. The Morgan fingerprint density at radius 2 is 1.20 bits per heavy atom. The van der Waals surface area contributed by atoms with Gasteiger partial charge >= 0.3 is 0 Å². The molecule has 0 rings (SSSR count). The number of unbranched alkanes of at least 4 members (excludes halogenated alkanes) is 9. The van der Waals surface area contributed by atoms with Crippen molar-refractivity contribution in [3.05, 3.63) is 0 Å². The summed E-state index contributed by atoms with van der Waals surface area (Å²) in [5, 5.41) is 0. The third-order valence-electron chi connectivity index (χ3n) is 2.61. The number of alkyl halides is 1. The monoisotopic (exact) mass is 320 g/mol. The molecule has 0 aliphatic rings. The highest BCUT2D eigenvalue weighted by Gasteiger charge is 1.91. The van der Waals surface area contributed by atoms with Crippen LogP contribution in [0, 0.1) is 11.8 Å². The Morgan fingerprint density at radius 1 is 0.733 bits per heavy atom. The van der Waals surface area contributed by atoms with Gasteiger partial charge in [-0.15, -0.1) is 11.8 Å². The summed E-state index contributed by atoms with van der Waals surface area (Å²) >= 11 is 2.47. The molecule has 0 aromatic heterocycles. The van der Waals surface area contributed by atoms with Gasteiger partial charge in [-0.05, 0) is 24.2 Å². The molecule has 0 aromatic rings. The van der Waals surface area contributed by atoms with Gasteiger partial charge in [-0.1, -0.05) is 67.5 Å². The molecule has 0 fully saturated rings. The minimum absolute atomic E-state index is 1.10. The summed E-state index contributed by atoms with van der Waals surface area (Å²) < 4.78 is 1.33. The summed E-state index contributed by atoms with van der Waals surface area (Å²) in [6, 6.07) is 0. The van der Waals surface area contributed by atoms with Crippen molar-refractivity contribution in [1.29, 1.82) is 0 Å². The van der Waals surface area contributed by atoms with E-state index in [0.717, 1.165) is 6.42 Å². The van der Waals surface area contributed by atoms with Crippen LogP contribution < -0.4 is 0 Å². The minimum Gasteiger partial charge on any atom is -0.107 e. The van der Waals surface area contributed by atoms with E-state index in [2.05, 4.69) is 34.4 Å². The van der Waals surface area contributed by atoms with Gasteiger partial charge in [0.2, 0.25) is 0 Å². The van der Waals surface area contributed by atoms with Crippen molar-refractivity contribution in [2.24, 2.45) is 0 Å². The average molecular weight is 320 g/mol. The van der Waals surface area contributed by atoms with Gasteiger partial charge in [-0.3, -0.25) is 0 Å². The van der Waals surface area contributed by atoms with Crippen LogP contribution in [-0.2, 0) is 0 Å². The minimum atomic E-state index is 1.10. The number of rotatable bonds is 10. The van der Waals surface area contributed by atoms with Gasteiger partial charge < -0.3 is 0 Å². The Balaban J connectivity index is 2.88. The van der Waals surface area contributed by atoms with Crippen molar-refractivity contribution >= 4 is 22.6 Å². The highest BCUT2D eigenvalue weighted by atomic mass is 127. The molecule has 0 unspecified atom stereocenters. The molecule has 15 heavy (non-hydrogen) atoms. The van der Waals surface area contributed by atoms with Crippen LogP contribution in [0.4, 0.5) is 0 Å². The fourth-order valence-electron chi connectivity index (χ4n) is 1.67. The van der Waals surface area contributed by atoms with Gasteiger partial charge in [0, 0.05) is 6.42 Å². The van der Waals surface area contributed by atoms with Crippen LogP contribution in [0.5, 0.6) is 0 Å². The summed E-state index contributed by atoms with van der Waals surface area (Å²) in [7, 11) is 0. The summed E-state index contributed by atoms with van der Waals surface area (Å²) in [6.07, 6.45) is 13.8. The van der Waals surface area contributed by atoms with E-state index in [4.69, 9.17) is 0 Å². The molecule has 0 aromatic carbocycles. The molecule has 0 saturated heterocycles. The predicted octanol–water partition coefficient (Wildman–Crippen LogP) is 5.35. The van der Waals surface area contributed by atoms with Gasteiger partial charge in [-0.2, -0.15) is 0 Å². The molecule has 0 saturated carbocycles. The van der Waals surface area contributed by atoms with Crippen molar-refractivity contribution < 1.29 is 0 Å². The molecule has 0 nitrogen and oxygen atoms in total. The quantitative estimate of drug-likeness (QED) is 0.220. The van der Waals surface area contributed by atoms with Crippen molar-refractivity contribution in [2.45, 2.75) is 71.1 Å². The van der Waals surface area contributed by atoms with Crippen LogP contribution in [0.2, 0.25) is 0 Å². The maximum absolute atomic E-state index is 3.12. The third-order valence-corrected chi connectivity index (χ3v) is 3.37. The molecular weight excluding hydrogens is 295 g/mol. The van der Waals surface area contributed by atoms with E-state index in [1.807, 2.05) is 6.92 Å². The summed E-state index contributed by atoms with van der Waals surface area (Å²) in [6.45, 7) is 1.93. The summed E-state index contributed by atoms with van der Waals surface area (Å²) in [5.74, 6) is 6.07. The molecule has 0 bridgehead atoms. The van der Waals surface area contributed by atoms with Gasteiger partial charge in [0.15, 0.2) is 0 Å². The zero-order valence-electron chi connectivity index (χ0n) is 10.2. The van der Waals surface area contributed by atoms with E-state index < -0.39 is 0 Å². The van der Waals surface area contributed by atoms with Crippen molar-refractivity contribution in [1.82, 2.24) is 0 Å². The van der Waals surface area contributed by atoms with Crippen LogP contribution in [0.1, 0.15) is 71.1 Å². The molecule has 0 aliphatic carbocycles. The Labute approximate surface area is 110 Å². The molecule has 88 valence electrons. The first-order valence-corrected chi connectivity index (χ1v) is 7.90. The Hall–Kier alpha value is 0.290. The van der Waals surface area contributed by atoms with Gasteiger partial charge in [0.25, 0.3) is 0 Å². The lowest BCUT2D eigenvalue weighted by Gasteiger charge is -2.00. The van der Waals surface area contributed by atoms with E-state index in [0.29, 0.717) is 0 Å². The van der Waals surface area contributed by atoms with E-state index in [-0.39, 0.29) is 0 Å². The maximum Gasteiger partial charge on any atom is 0.00885 e. The van der Waals surface area contributed by atoms with E-state index in [1.54, 1.807) is 0 Å². The fraction of sp³-hybridized carbons (Fsp3) is 0.857. The standard InChI is InChI=1S/C14H25I/c1-2-3-4-5-6-7-8-9-10-11-12-13-14-15/h4-14H2,1H3.